The predicted octanol–water partition coefficient (Wildman–Crippen LogP) is 5.38. The molecule has 0 bridgehead atoms. The Morgan fingerprint density at radius 2 is 1.73 bits per heavy atom. The summed E-state index contributed by atoms with van der Waals surface area (Å²) in [4.78, 5) is 8.98. The lowest BCUT2D eigenvalue weighted by Crippen LogP contribution is -2.30. The van der Waals surface area contributed by atoms with Gasteiger partial charge in [0, 0.05) is 5.39 Å². The Morgan fingerprint density at radius 3 is 2.41 bits per heavy atom. The van der Waals surface area contributed by atoms with Crippen molar-refractivity contribution >= 4 is 26.8 Å². The lowest BCUT2D eigenvalue weighted by atomic mass is 9.72. The van der Waals surface area contributed by atoms with Gasteiger partial charge in [0.2, 0.25) is 0 Å². The van der Waals surface area contributed by atoms with E-state index in [4.69, 9.17) is 4.74 Å². The zero-order valence-corrected chi connectivity index (χ0v) is 15.1. The van der Waals surface area contributed by atoms with Crippen molar-refractivity contribution in [3.05, 3.63) is 28.9 Å². The number of nitrogens with zero attached hydrogens (tertiary/aromatic N) is 2. The van der Waals surface area contributed by atoms with Crippen LogP contribution in [0.5, 0.6) is 6.01 Å². The maximum Gasteiger partial charge on any atom is 0.318 e. The molecule has 1 aliphatic carbocycles. The van der Waals surface area contributed by atoms with E-state index in [0.29, 0.717) is 11.4 Å². The van der Waals surface area contributed by atoms with Crippen LogP contribution >= 0.6 is 15.9 Å². The third kappa shape index (κ3) is 3.43. The van der Waals surface area contributed by atoms with Gasteiger partial charge in [0.05, 0.1) is 5.52 Å². The van der Waals surface area contributed by atoms with E-state index < -0.39 is 0 Å². The summed E-state index contributed by atoms with van der Waals surface area (Å²) in [6.45, 7) is 7.01. The highest BCUT2D eigenvalue weighted by Crippen LogP contribution is 2.38. The fraction of sp³-hybridized carbons (Fsp3) is 0.556. The van der Waals surface area contributed by atoms with Gasteiger partial charge in [0.15, 0.2) is 0 Å². The van der Waals surface area contributed by atoms with Crippen molar-refractivity contribution in [3.63, 3.8) is 0 Å². The molecule has 0 spiro atoms. The predicted molar refractivity (Wildman–Crippen MR) is 93.1 cm³/mol. The normalized spacial score (nSPS) is 22.7. The van der Waals surface area contributed by atoms with Crippen molar-refractivity contribution in [2.45, 2.75) is 52.6 Å². The van der Waals surface area contributed by atoms with Crippen LogP contribution in [0.25, 0.3) is 10.9 Å². The molecule has 4 heteroatoms. The number of aromatic nitrogens is 2. The van der Waals surface area contributed by atoms with Gasteiger partial charge in [-0.2, -0.15) is 9.97 Å². The second-order valence-corrected chi connectivity index (χ2v) is 8.02. The number of rotatable bonds is 2. The third-order valence-corrected chi connectivity index (χ3v) is 5.31. The van der Waals surface area contributed by atoms with Gasteiger partial charge in [0.1, 0.15) is 10.7 Å². The van der Waals surface area contributed by atoms with Gasteiger partial charge < -0.3 is 4.74 Å². The van der Waals surface area contributed by atoms with E-state index in [9.17, 15) is 0 Å². The van der Waals surface area contributed by atoms with E-state index in [2.05, 4.69) is 46.7 Å². The van der Waals surface area contributed by atoms with Gasteiger partial charge in [-0.25, -0.2) is 0 Å². The van der Waals surface area contributed by atoms with Gasteiger partial charge in [-0.1, -0.05) is 39.0 Å². The van der Waals surface area contributed by atoms with E-state index in [1.54, 1.807) is 0 Å². The largest absolute Gasteiger partial charge is 0.460 e. The van der Waals surface area contributed by atoms with Gasteiger partial charge in [-0.15, -0.1) is 0 Å². The van der Waals surface area contributed by atoms with E-state index in [1.165, 1.54) is 12.8 Å². The van der Waals surface area contributed by atoms with Crippen LogP contribution in [-0.2, 0) is 0 Å². The molecule has 0 atom stereocenters. The number of para-hydroxylation sites is 1. The van der Waals surface area contributed by atoms with Gasteiger partial charge >= 0.3 is 6.01 Å². The van der Waals surface area contributed by atoms with Crippen LogP contribution in [-0.4, -0.2) is 16.1 Å². The first-order valence-electron chi connectivity index (χ1n) is 8.02. The molecule has 118 valence electrons. The molecular weight excluding hydrogens is 340 g/mol. The molecule has 0 saturated heterocycles. The Bertz CT molecular complexity index is 658. The topological polar surface area (TPSA) is 35.0 Å². The first kappa shape index (κ1) is 15.7. The molecule has 0 amide bonds. The molecule has 0 N–H and O–H groups in total. The molecule has 1 saturated carbocycles. The van der Waals surface area contributed by atoms with Crippen LogP contribution in [0.2, 0.25) is 0 Å². The van der Waals surface area contributed by atoms with E-state index >= 15 is 0 Å². The van der Waals surface area contributed by atoms with E-state index in [0.717, 1.165) is 34.3 Å². The van der Waals surface area contributed by atoms with Crippen LogP contribution in [0, 0.1) is 11.3 Å². The smallest absolute Gasteiger partial charge is 0.318 e. The molecule has 0 unspecified atom stereocenters. The first-order chi connectivity index (χ1) is 10.4. The lowest BCUT2D eigenvalue weighted by molar-refractivity contribution is 0.0819. The minimum Gasteiger partial charge on any atom is -0.460 e. The third-order valence-electron chi connectivity index (χ3n) is 4.71. The second-order valence-electron chi connectivity index (χ2n) is 7.27. The molecule has 2 aromatic rings. The average molecular weight is 363 g/mol. The summed E-state index contributed by atoms with van der Waals surface area (Å²) in [6.07, 6.45) is 4.88. The summed E-state index contributed by atoms with van der Waals surface area (Å²) in [5.74, 6) is 0.789. The van der Waals surface area contributed by atoms with Crippen molar-refractivity contribution < 1.29 is 4.74 Å². The maximum absolute atomic E-state index is 6.05. The van der Waals surface area contributed by atoms with Crippen molar-refractivity contribution in [3.8, 4) is 6.01 Å². The molecule has 1 fully saturated rings. The van der Waals surface area contributed by atoms with Gasteiger partial charge in [0.25, 0.3) is 0 Å². The molecular formula is C18H23BrN2O. The zero-order chi connectivity index (χ0) is 15.7. The zero-order valence-electron chi connectivity index (χ0n) is 13.5. The molecule has 1 aliphatic rings. The van der Waals surface area contributed by atoms with E-state index in [1.807, 2.05) is 24.3 Å². The van der Waals surface area contributed by atoms with E-state index in [-0.39, 0.29) is 6.10 Å². The first-order valence-corrected chi connectivity index (χ1v) is 8.82. The highest BCUT2D eigenvalue weighted by molar-refractivity contribution is 9.10. The highest BCUT2D eigenvalue weighted by atomic mass is 79.9. The number of benzene rings is 1. The lowest BCUT2D eigenvalue weighted by Gasteiger charge is -2.36. The number of hydrogen-bond acceptors (Lipinski definition) is 3. The van der Waals surface area contributed by atoms with Crippen molar-refractivity contribution in [2.24, 2.45) is 11.3 Å². The Hall–Kier alpha value is -1.16. The van der Waals surface area contributed by atoms with Gasteiger partial charge in [-0.05, 0) is 59.0 Å². The Morgan fingerprint density at radius 1 is 1.05 bits per heavy atom. The molecule has 0 radical (unpaired) electrons. The molecule has 1 aromatic heterocycles. The molecule has 3 nitrogen and oxygen atoms in total. The van der Waals surface area contributed by atoms with Crippen LogP contribution in [0.15, 0.2) is 28.9 Å². The number of halogens is 1. The summed E-state index contributed by atoms with van der Waals surface area (Å²) < 4.78 is 6.86. The van der Waals surface area contributed by atoms with Crippen LogP contribution in [0.4, 0.5) is 0 Å². The monoisotopic (exact) mass is 362 g/mol. The van der Waals surface area contributed by atoms with Crippen molar-refractivity contribution in [1.82, 2.24) is 9.97 Å². The van der Waals surface area contributed by atoms with Crippen molar-refractivity contribution in [1.29, 1.82) is 0 Å². The number of hydrogen-bond donors (Lipinski definition) is 0. The molecule has 1 aromatic carbocycles. The molecule has 0 aliphatic heterocycles. The van der Waals surface area contributed by atoms with Gasteiger partial charge in [-0.3, -0.25) is 0 Å². The minimum absolute atomic E-state index is 0.242. The maximum atomic E-state index is 6.05. The fourth-order valence-corrected chi connectivity index (χ4v) is 3.75. The Labute approximate surface area is 140 Å². The quantitative estimate of drug-likeness (QED) is 0.673. The van der Waals surface area contributed by atoms with Crippen LogP contribution < -0.4 is 4.74 Å². The molecule has 3 rings (SSSR count). The highest BCUT2D eigenvalue weighted by Gasteiger charge is 2.30. The summed E-state index contributed by atoms with van der Waals surface area (Å²) in [5.41, 5.74) is 1.32. The van der Waals surface area contributed by atoms with Crippen LogP contribution in [0.1, 0.15) is 46.5 Å². The number of fused-ring (bicyclic) bond motifs is 1. The van der Waals surface area contributed by atoms with Crippen LogP contribution in [0.3, 0.4) is 0 Å². The summed E-state index contributed by atoms with van der Waals surface area (Å²) in [7, 11) is 0. The average Bonchev–Trinajstić information content (AvgIpc) is 2.47. The SMILES string of the molecule is CC(C)(C)C1CCC(Oc2nc(Br)c3ccccc3n2)CC1. The minimum atomic E-state index is 0.242. The summed E-state index contributed by atoms with van der Waals surface area (Å²) >= 11 is 3.52. The standard InChI is InChI=1S/C18H23BrN2O/c1-18(2,3)12-8-10-13(11-9-12)22-17-20-15-7-5-4-6-14(15)16(19)21-17/h4-7,12-13H,8-11H2,1-3H3. The number of ether oxygens (including phenoxy) is 1. The fourth-order valence-electron chi connectivity index (χ4n) is 3.27. The second kappa shape index (κ2) is 6.15. The molecule has 22 heavy (non-hydrogen) atoms. The summed E-state index contributed by atoms with van der Waals surface area (Å²) in [6, 6.07) is 8.47. The summed E-state index contributed by atoms with van der Waals surface area (Å²) in [5, 5.41) is 1.02. The Balaban J connectivity index is 1.70. The molecule has 1 heterocycles. The Kier molecular flexibility index (Phi) is 4.40. The van der Waals surface area contributed by atoms with Crippen molar-refractivity contribution in [2.75, 3.05) is 0 Å².